The highest BCUT2D eigenvalue weighted by molar-refractivity contribution is 7.00. The molecule has 2 unspecified atom stereocenters. The fourth-order valence-corrected chi connectivity index (χ4v) is 10.2. The van der Waals surface area contributed by atoms with Crippen LogP contribution in [0.15, 0.2) is 97.1 Å². The summed E-state index contributed by atoms with van der Waals surface area (Å²) in [7, 11) is 2.29. The van der Waals surface area contributed by atoms with Crippen molar-refractivity contribution in [3.63, 3.8) is 0 Å². The summed E-state index contributed by atoms with van der Waals surface area (Å²) in [4.78, 5) is 5.38. The highest BCUT2D eigenvalue weighted by atomic mass is 15.3. The maximum absolute atomic E-state index is 2.90. The second kappa shape index (κ2) is 9.39. The Bertz CT molecular complexity index is 2030. The highest BCUT2D eigenvalue weighted by Crippen LogP contribution is 2.60. The van der Waals surface area contributed by atoms with E-state index >= 15 is 0 Å². The van der Waals surface area contributed by atoms with Crippen LogP contribution in [0.5, 0.6) is 0 Å². The molecule has 220 valence electrons. The smallest absolute Gasteiger partial charge is 0.252 e. The fraction of sp³-hybridized carbons (Fsp3) is 0.286. The molecule has 3 heterocycles. The third kappa shape index (κ3) is 3.47. The van der Waals surface area contributed by atoms with Crippen molar-refractivity contribution in [3.8, 4) is 22.3 Å². The lowest BCUT2D eigenvalue weighted by Crippen LogP contribution is -2.63. The van der Waals surface area contributed by atoms with Crippen LogP contribution in [0.2, 0.25) is 0 Å². The highest BCUT2D eigenvalue weighted by Gasteiger charge is 2.56. The number of hydrogen-bond donors (Lipinski definition) is 0. The maximum Gasteiger partial charge on any atom is 0.252 e. The van der Waals surface area contributed by atoms with Crippen LogP contribution in [-0.4, -0.2) is 19.3 Å². The molecule has 1 fully saturated rings. The standard InChI is InChI=1S/C42H39BN2/c1-42-22-11-10-19-33(42)39-32-18-7-6-15-30(32)24-35-41(39)45(42)38-26-31(29-17-12-16-28(23-29)27-13-4-3-5-14-27)25-37-40(38)43(35)34-20-8-9-21-36(34)44(37)2/h3-5,8-9,12-14,16-17,20-21,23-26,33H,6-7,10-11,15,18-19,22H2,1-2H3. The van der Waals surface area contributed by atoms with Crippen molar-refractivity contribution < 1.29 is 0 Å². The molecule has 2 atom stereocenters. The number of para-hydroxylation sites is 1. The van der Waals surface area contributed by atoms with Crippen LogP contribution in [0.25, 0.3) is 22.3 Å². The third-order valence-corrected chi connectivity index (χ3v) is 12.2. The molecule has 3 aliphatic heterocycles. The Morgan fingerprint density at radius 2 is 1.42 bits per heavy atom. The van der Waals surface area contributed by atoms with E-state index in [-0.39, 0.29) is 12.3 Å². The molecule has 10 rings (SSSR count). The van der Waals surface area contributed by atoms with Gasteiger partial charge in [-0.25, -0.2) is 0 Å². The van der Waals surface area contributed by atoms with Gasteiger partial charge in [0.25, 0.3) is 6.71 Å². The van der Waals surface area contributed by atoms with E-state index < -0.39 is 0 Å². The molecule has 5 aromatic carbocycles. The van der Waals surface area contributed by atoms with Crippen molar-refractivity contribution in [3.05, 3.63) is 114 Å². The minimum Gasteiger partial charge on any atom is -0.345 e. The number of nitrogens with zero attached hydrogens (tertiary/aromatic N) is 2. The number of hydrogen-bond acceptors (Lipinski definition) is 2. The van der Waals surface area contributed by atoms with E-state index in [2.05, 4.69) is 121 Å². The zero-order chi connectivity index (χ0) is 29.9. The summed E-state index contributed by atoms with van der Waals surface area (Å²) in [5, 5.41) is 0. The van der Waals surface area contributed by atoms with E-state index in [4.69, 9.17) is 0 Å². The molecule has 3 heteroatoms. The van der Waals surface area contributed by atoms with E-state index in [1.54, 1.807) is 27.8 Å². The number of fused-ring (bicyclic) bond motifs is 9. The minimum atomic E-state index is 0.112. The third-order valence-electron chi connectivity index (χ3n) is 12.2. The Balaban J connectivity index is 1.28. The molecule has 2 nitrogen and oxygen atoms in total. The van der Waals surface area contributed by atoms with Crippen molar-refractivity contribution >= 4 is 45.9 Å². The van der Waals surface area contributed by atoms with Gasteiger partial charge in [-0.05, 0) is 125 Å². The average molecular weight is 583 g/mol. The maximum atomic E-state index is 2.90. The van der Waals surface area contributed by atoms with Gasteiger partial charge in [0.05, 0.1) is 0 Å². The van der Waals surface area contributed by atoms with Crippen LogP contribution in [-0.2, 0) is 12.8 Å². The minimum absolute atomic E-state index is 0.112. The molecule has 0 spiro atoms. The van der Waals surface area contributed by atoms with Crippen LogP contribution in [0.1, 0.15) is 68.1 Å². The van der Waals surface area contributed by atoms with Gasteiger partial charge in [-0.2, -0.15) is 0 Å². The predicted octanol–water partition coefficient (Wildman–Crippen LogP) is 8.38. The number of anilines is 4. The van der Waals surface area contributed by atoms with Crippen LogP contribution < -0.4 is 26.2 Å². The average Bonchev–Trinajstić information content (AvgIpc) is 3.38. The Hall–Kier alpha value is -4.24. The number of rotatable bonds is 2. The Morgan fingerprint density at radius 3 is 2.31 bits per heavy atom. The molecule has 2 aliphatic carbocycles. The summed E-state index contributed by atoms with van der Waals surface area (Å²) in [6.45, 7) is 2.89. The van der Waals surface area contributed by atoms with E-state index in [0.717, 1.165) is 0 Å². The summed E-state index contributed by atoms with van der Waals surface area (Å²) in [5.41, 5.74) is 20.7. The van der Waals surface area contributed by atoms with E-state index in [9.17, 15) is 0 Å². The summed E-state index contributed by atoms with van der Waals surface area (Å²) >= 11 is 0. The van der Waals surface area contributed by atoms with Gasteiger partial charge in [0.2, 0.25) is 0 Å². The van der Waals surface area contributed by atoms with Gasteiger partial charge in [-0.15, -0.1) is 0 Å². The van der Waals surface area contributed by atoms with Gasteiger partial charge in [-0.1, -0.05) is 85.6 Å². The van der Waals surface area contributed by atoms with Crippen molar-refractivity contribution in [1.29, 1.82) is 0 Å². The van der Waals surface area contributed by atoms with Crippen LogP contribution in [0, 0.1) is 0 Å². The number of benzene rings is 5. The van der Waals surface area contributed by atoms with Crippen molar-refractivity contribution in [2.24, 2.45) is 0 Å². The summed E-state index contributed by atoms with van der Waals surface area (Å²) < 4.78 is 0. The van der Waals surface area contributed by atoms with Crippen LogP contribution in [0.4, 0.5) is 22.7 Å². The normalized spacial score (nSPS) is 21.9. The summed E-state index contributed by atoms with van der Waals surface area (Å²) in [6.07, 6.45) is 10.4. The predicted molar refractivity (Wildman–Crippen MR) is 191 cm³/mol. The molecule has 0 bridgehead atoms. The SMILES string of the molecule is CN1c2ccccc2B2c3cc4c(c5c3N(c3cc(-c6cccc(-c7ccccc7)c6)cc1c32)C1(C)CCCCC51)CCCC4. The lowest BCUT2D eigenvalue weighted by atomic mass is 9.33. The first kappa shape index (κ1) is 26.0. The monoisotopic (exact) mass is 582 g/mol. The zero-order valence-electron chi connectivity index (χ0n) is 26.4. The largest absolute Gasteiger partial charge is 0.345 e. The first-order valence-electron chi connectivity index (χ1n) is 17.3. The lowest BCUT2D eigenvalue weighted by molar-refractivity contribution is 0.290. The lowest BCUT2D eigenvalue weighted by Gasteiger charge is -2.49. The molecular formula is C42H39BN2. The van der Waals surface area contributed by atoms with E-state index in [1.165, 1.54) is 102 Å². The van der Waals surface area contributed by atoms with Gasteiger partial charge in [0.1, 0.15) is 0 Å². The van der Waals surface area contributed by atoms with Crippen LogP contribution in [0.3, 0.4) is 0 Å². The molecule has 5 aliphatic rings. The number of aryl methyl sites for hydroxylation is 1. The van der Waals surface area contributed by atoms with Crippen LogP contribution >= 0.6 is 0 Å². The van der Waals surface area contributed by atoms with Gasteiger partial charge >= 0.3 is 0 Å². The second-order valence-electron chi connectivity index (χ2n) is 14.5. The van der Waals surface area contributed by atoms with Gasteiger partial charge in [0.15, 0.2) is 0 Å². The molecule has 5 aromatic rings. The van der Waals surface area contributed by atoms with Crippen molar-refractivity contribution in [2.75, 3.05) is 16.8 Å². The van der Waals surface area contributed by atoms with Crippen molar-refractivity contribution in [2.45, 2.75) is 69.7 Å². The van der Waals surface area contributed by atoms with Crippen molar-refractivity contribution in [1.82, 2.24) is 0 Å². The molecule has 0 N–H and O–H groups in total. The second-order valence-corrected chi connectivity index (χ2v) is 14.5. The fourth-order valence-electron chi connectivity index (χ4n) is 10.2. The molecule has 0 saturated heterocycles. The van der Waals surface area contributed by atoms with E-state index in [0.29, 0.717) is 5.92 Å². The Morgan fingerprint density at radius 1 is 0.667 bits per heavy atom. The Kier molecular flexibility index (Phi) is 5.43. The quantitative estimate of drug-likeness (QED) is 0.193. The molecular weight excluding hydrogens is 543 g/mol. The van der Waals surface area contributed by atoms with Gasteiger partial charge < -0.3 is 9.80 Å². The zero-order valence-corrected chi connectivity index (χ0v) is 26.4. The van der Waals surface area contributed by atoms with E-state index in [1.807, 2.05) is 0 Å². The molecule has 45 heavy (non-hydrogen) atoms. The molecule has 0 amide bonds. The summed E-state index contributed by atoms with van der Waals surface area (Å²) in [5.74, 6) is 0.613. The topological polar surface area (TPSA) is 6.48 Å². The summed E-state index contributed by atoms with van der Waals surface area (Å²) in [6, 6.07) is 37.0. The Labute approximate surface area is 267 Å². The first-order chi connectivity index (χ1) is 22.1. The molecule has 1 saturated carbocycles. The first-order valence-corrected chi connectivity index (χ1v) is 17.3. The van der Waals surface area contributed by atoms with Gasteiger partial charge in [-0.3, -0.25) is 0 Å². The molecule has 0 radical (unpaired) electrons. The molecule has 0 aromatic heterocycles. The van der Waals surface area contributed by atoms with Gasteiger partial charge in [0, 0.05) is 41.3 Å².